The largest absolute Gasteiger partial charge is 0.365 e. The van der Waals surface area contributed by atoms with Crippen molar-refractivity contribution >= 4 is 12.6 Å². The number of likely N-dealkylation sites (tertiary alicyclic amines) is 1. The van der Waals surface area contributed by atoms with Crippen molar-refractivity contribution in [2.75, 3.05) is 26.2 Å². The van der Waals surface area contributed by atoms with E-state index < -0.39 is 6.17 Å². The topological polar surface area (TPSA) is 12.5 Å². The number of rotatable bonds is 5. The highest BCUT2D eigenvalue weighted by Crippen LogP contribution is 2.15. The first-order chi connectivity index (χ1) is 6.47. The molecule has 84 valence electrons. The Labute approximate surface area is 91.2 Å². The van der Waals surface area contributed by atoms with Gasteiger partial charge >= 0.3 is 0 Å². The lowest BCUT2D eigenvalue weighted by Crippen LogP contribution is -2.25. The monoisotopic (exact) mass is 221 g/mol. The van der Waals surface area contributed by atoms with Crippen molar-refractivity contribution in [1.82, 2.24) is 4.90 Å². The van der Waals surface area contributed by atoms with Gasteiger partial charge in [0, 0.05) is 26.2 Å². The number of thiol groups is 1. The second-order valence-electron chi connectivity index (χ2n) is 4.34. The standard InChI is InChI=1S/C10H20FNOS/c1-10(2,14)13-7-3-5-12-6-4-9(11)8-12/h9,14H,3-8H2,1-2H3/t9-/m1/s1. The molecule has 0 aromatic rings. The molecule has 2 nitrogen and oxygen atoms in total. The predicted molar refractivity (Wildman–Crippen MR) is 59.6 cm³/mol. The number of hydrogen-bond donors (Lipinski definition) is 1. The van der Waals surface area contributed by atoms with Crippen LogP contribution < -0.4 is 0 Å². The Morgan fingerprint density at radius 2 is 2.29 bits per heavy atom. The second kappa shape index (κ2) is 5.33. The molecule has 0 bridgehead atoms. The van der Waals surface area contributed by atoms with Crippen molar-refractivity contribution in [2.24, 2.45) is 0 Å². The van der Waals surface area contributed by atoms with Gasteiger partial charge in [-0.1, -0.05) is 0 Å². The SMILES string of the molecule is CC(C)(S)OCCCN1CC[C@@H](F)C1. The third-order valence-electron chi connectivity index (χ3n) is 2.29. The average molecular weight is 221 g/mol. The molecule has 1 heterocycles. The van der Waals surface area contributed by atoms with Gasteiger partial charge in [0.05, 0.1) is 0 Å². The van der Waals surface area contributed by atoms with Crippen LogP contribution in [0.4, 0.5) is 4.39 Å². The first kappa shape index (κ1) is 12.3. The molecule has 0 amide bonds. The maximum atomic E-state index is 12.8. The Balaban J connectivity index is 1.99. The molecule has 0 aromatic carbocycles. The highest BCUT2D eigenvalue weighted by Gasteiger charge is 2.21. The summed E-state index contributed by atoms with van der Waals surface area (Å²) in [6.45, 7) is 6.97. The number of alkyl halides is 1. The molecule has 0 radical (unpaired) electrons. The molecule has 14 heavy (non-hydrogen) atoms. The van der Waals surface area contributed by atoms with E-state index in [0.717, 1.165) is 19.5 Å². The Morgan fingerprint density at radius 1 is 1.57 bits per heavy atom. The summed E-state index contributed by atoms with van der Waals surface area (Å²) in [5, 5.41) is 0. The number of hydrogen-bond acceptors (Lipinski definition) is 3. The van der Waals surface area contributed by atoms with E-state index in [9.17, 15) is 4.39 Å². The summed E-state index contributed by atoms with van der Waals surface area (Å²) in [5.41, 5.74) is 0. The molecular formula is C10H20FNOS. The summed E-state index contributed by atoms with van der Waals surface area (Å²) in [7, 11) is 0. The van der Waals surface area contributed by atoms with E-state index in [0.29, 0.717) is 19.6 Å². The molecule has 0 unspecified atom stereocenters. The van der Waals surface area contributed by atoms with Crippen LogP contribution in [0.5, 0.6) is 0 Å². The number of halogens is 1. The molecule has 0 saturated carbocycles. The molecule has 0 spiro atoms. The van der Waals surface area contributed by atoms with Crippen molar-refractivity contribution in [3.63, 3.8) is 0 Å². The van der Waals surface area contributed by atoms with E-state index in [1.165, 1.54) is 0 Å². The first-order valence-corrected chi connectivity index (χ1v) is 5.65. The van der Waals surface area contributed by atoms with Crippen molar-refractivity contribution < 1.29 is 9.13 Å². The van der Waals surface area contributed by atoms with E-state index in [2.05, 4.69) is 17.5 Å². The van der Waals surface area contributed by atoms with Gasteiger partial charge in [0.25, 0.3) is 0 Å². The first-order valence-electron chi connectivity index (χ1n) is 5.20. The van der Waals surface area contributed by atoms with E-state index >= 15 is 0 Å². The summed E-state index contributed by atoms with van der Waals surface area (Å²) in [6, 6.07) is 0. The van der Waals surface area contributed by atoms with Gasteiger partial charge in [0.15, 0.2) is 0 Å². The molecule has 1 saturated heterocycles. The molecule has 1 aliphatic heterocycles. The Bertz CT molecular complexity index is 172. The minimum Gasteiger partial charge on any atom is -0.365 e. The lowest BCUT2D eigenvalue weighted by Gasteiger charge is -2.20. The minimum absolute atomic E-state index is 0.354. The van der Waals surface area contributed by atoms with Crippen LogP contribution >= 0.6 is 12.6 Å². The zero-order chi connectivity index (χ0) is 10.6. The summed E-state index contributed by atoms with van der Waals surface area (Å²) in [6.07, 6.45) is 1.03. The van der Waals surface area contributed by atoms with Gasteiger partial charge in [-0.15, -0.1) is 12.6 Å². The Kier molecular flexibility index (Phi) is 4.67. The van der Waals surface area contributed by atoms with Gasteiger partial charge in [-0.25, -0.2) is 4.39 Å². The van der Waals surface area contributed by atoms with Crippen LogP contribution in [0.15, 0.2) is 0 Å². The van der Waals surface area contributed by atoms with E-state index in [1.54, 1.807) is 0 Å². The summed E-state index contributed by atoms with van der Waals surface area (Å²) < 4.78 is 18.2. The van der Waals surface area contributed by atoms with E-state index in [4.69, 9.17) is 4.74 Å². The molecule has 0 N–H and O–H groups in total. The fourth-order valence-corrected chi connectivity index (χ4v) is 1.69. The predicted octanol–water partition coefficient (Wildman–Crippen LogP) is 2.10. The zero-order valence-corrected chi connectivity index (χ0v) is 9.90. The summed E-state index contributed by atoms with van der Waals surface area (Å²) >= 11 is 4.26. The maximum absolute atomic E-state index is 12.8. The highest BCUT2D eigenvalue weighted by atomic mass is 32.1. The molecular weight excluding hydrogens is 201 g/mol. The third kappa shape index (κ3) is 5.17. The molecule has 1 rings (SSSR count). The molecule has 1 atom stereocenters. The van der Waals surface area contributed by atoms with Crippen LogP contribution in [0, 0.1) is 0 Å². The minimum atomic E-state index is -0.614. The molecule has 1 aliphatic rings. The van der Waals surface area contributed by atoms with Crippen LogP contribution in [-0.2, 0) is 4.74 Å². The maximum Gasteiger partial charge on any atom is 0.114 e. The fourth-order valence-electron chi connectivity index (χ4n) is 1.60. The fraction of sp³-hybridized carbons (Fsp3) is 1.00. The van der Waals surface area contributed by atoms with Gasteiger partial charge in [0.1, 0.15) is 11.1 Å². The zero-order valence-electron chi connectivity index (χ0n) is 9.00. The van der Waals surface area contributed by atoms with E-state index in [-0.39, 0.29) is 4.93 Å². The van der Waals surface area contributed by atoms with Crippen LogP contribution in [0.25, 0.3) is 0 Å². The van der Waals surface area contributed by atoms with Gasteiger partial charge in [-0.3, -0.25) is 0 Å². The quantitative estimate of drug-likeness (QED) is 0.433. The van der Waals surface area contributed by atoms with Crippen molar-refractivity contribution in [3.8, 4) is 0 Å². The van der Waals surface area contributed by atoms with Crippen LogP contribution in [0.1, 0.15) is 26.7 Å². The second-order valence-corrected chi connectivity index (χ2v) is 5.41. The lowest BCUT2D eigenvalue weighted by molar-refractivity contribution is 0.0483. The Morgan fingerprint density at radius 3 is 2.79 bits per heavy atom. The van der Waals surface area contributed by atoms with Crippen LogP contribution in [0.2, 0.25) is 0 Å². The van der Waals surface area contributed by atoms with Gasteiger partial charge in [-0.2, -0.15) is 0 Å². The van der Waals surface area contributed by atoms with Crippen molar-refractivity contribution in [2.45, 2.75) is 37.8 Å². The van der Waals surface area contributed by atoms with Crippen LogP contribution in [-0.4, -0.2) is 42.2 Å². The Hall–Kier alpha value is 0.200. The highest BCUT2D eigenvalue weighted by molar-refractivity contribution is 7.81. The van der Waals surface area contributed by atoms with Crippen molar-refractivity contribution in [1.29, 1.82) is 0 Å². The molecule has 0 aromatic heterocycles. The van der Waals surface area contributed by atoms with Crippen molar-refractivity contribution in [3.05, 3.63) is 0 Å². The van der Waals surface area contributed by atoms with Gasteiger partial charge < -0.3 is 9.64 Å². The average Bonchev–Trinajstić information content (AvgIpc) is 2.44. The normalized spacial score (nSPS) is 24.4. The smallest absolute Gasteiger partial charge is 0.114 e. The summed E-state index contributed by atoms with van der Waals surface area (Å²) in [4.78, 5) is 1.80. The number of nitrogens with zero attached hydrogens (tertiary/aromatic N) is 1. The molecule has 1 fully saturated rings. The lowest BCUT2D eigenvalue weighted by atomic mass is 10.3. The third-order valence-corrected chi connectivity index (χ3v) is 2.42. The molecule has 0 aliphatic carbocycles. The summed E-state index contributed by atoms with van der Waals surface area (Å²) in [5.74, 6) is 0. The van der Waals surface area contributed by atoms with Crippen LogP contribution in [0.3, 0.4) is 0 Å². The van der Waals surface area contributed by atoms with E-state index in [1.807, 2.05) is 13.8 Å². The van der Waals surface area contributed by atoms with Gasteiger partial charge in [0.2, 0.25) is 0 Å². The molecule has 4 heteroatoms. The number of ether oxygens (including phenoxy) is 1. The van der Waals surface area contributed by atoms with Gasteiger partial charge in [-0.05, 0) is 26.7 Å².